The highest BCUT2D eigenvalue weighted by Gasteiger charge is 2.28. The zero-order chi connectivity index (χ0) is 16.3. The lowest BCUT2D eigenvalue weighted by atomic mass is 10.3. The number of hydrogen-bond donors (Lipinski definition) is 1. The SMILES string of the molecule is CN(CC(=O)N1CCNCC1)S(=O)(=O)c1cccc(Cl)c1Cl. The van der Waals surface area contributed by atoms with E-state index in [4.69, 9.17) is 23.2 Å². The summed E-state index contributed by atoms with van der Waals surface area (Å²) in [4.78, 5) is 13.7. The van der Waals surface area contributed by atoms with Gasteiger partial charge in [0.1, 0.15) is 4.90 Å². The van der Waals surface area contributed by atoms with Crippen molar-refractivity contribution in [3.05, 3.63) is 28.2 Å². The van der Waals surface area contributed by atoms with Crippen molar-refractivity contribution >= 4 is 39.1 Å². The molecule has 1 N–H and O–H groups in total. The van der Waals surface area contributed by atoms with Gasteiger partial charge >= 0.3 is 0 Å². The molecule has 1 amide bonds. The minimum Gasteiger partial charge on any atom is -0.339 e. The largest absolute Gasteiger partial charge is 0.339 e. The second-order valence-electron chi connectivity index (χ2n) is 4.94. The minimum atomic E-state index is -3.87. The van der Waals surface area contributed by atoms with Crippen molar-refractivity contribution in [2.45, 2.75) is 4.90 Å². The van der Waals surface area contributed by atoms with Crippen LogP contribution in [0.1, 0.15) is 0 Å². The predicted octanol–water partition coefficient (Wildman–Crippen LogP) is 1.05. The van der Waals surface area contributed by atoms with E-state index >= 15 is 0 Å². The molecule has 0 saturated carbocycles. The molecule has 1 aromatic carbocycles. The number of sulfonamides is 1. The van der Waals surface area contributed by atoms with Crippen LogP contribution < -0.4 is 5.32 Å². The number of nitrogens with zero attached hydrogens (tertiary/aromatic N) is 2. The van der Waals surface area contributed by atoms with Crippen molar-refractivity contribution in [2.24, 2.45) is 0 Å². The van der Waals surface area contributed by atoms with E-state index in [-0.39, 0.29) is 27.4 Å². The van der Waals surface area contributed by atoms with Crippen LogP contribution in [0, 0.1) is 0 Å². The molecule has 1 aliphatic rings. The zero-order valence-electron chi connectivity index (χ0n) is 12.1. The highest BCUT2D eigenvalue weighted by Crippen LogP contribution is 2.30. The number of rotatable bonds is 4. The van der Waals surface area contributed by atoms with Crippen LogP contribution in [0.25, 0.3) is 0 Å². The van der Waals surface area contributed by atoms with E-state index in [0.29, 0.717) is 26.2 Å². The number of carbonyl (C=O) groups is 1. The second kappa shape index (κ2) is 7.14. The van der Waals surface area contributed by atoms with Crippen LogP contribution in [0.4, 0.5) is 0 Å². The molecule has 9 heteroatoms. The lowest BCUT2D eigenvalue weighted by Crippen LogP contribution is -2.49. The standard InChI is InChI=1S/C13H17Cl2N3O3S/c1-17(9-12(19)18-7-5-16-6-8-18)22(20,21)11-4-2-3-10(14)13(11)15/h2-4,16H,5-9H2,1H3. The first-order valence-electron chi connectivity index (χ1n) is 6.73. The van der Waals surface area contributed by atoms with Crippen molar-refractivity contribution in [3.8, 4) is 0 Å². The lowest BCUT2D eigenvalue weighted by molar-refractivity contribution is -0.131. The molecule has 0 bridgehead atoms. The molecule has 0 radical (unpaired) electrons. The van der Waals surface area contributed by atoms with Crippen LogP contribution in [0.5, 0.6) is 0 Å². The van der Waals surface area contributed by atoms with Crippen LogP contribution in [0.3, 0.4) is 0 Å². The molecule has 0 spiro atoms. The number of hydrogen-bond acceptors (Lipinski definition) is 4. The van der Waals surface area contributed by atoms with Crippen molar-refractivity contribution < 1.29 is 13.2 Å². The molecule has 1 fully saturated rings. The molecule has 1 aliphatic heterocycles. The van der Waals surface area contributed by atoms with Gasteiger partial charge in [-0.3, -0.25) is 4.79 Å². The molecule has 1 heterocycles. The Kier molecular flexibility index (Phi) is 5.68. The molecular formula is C13H17Cl2N3O3S. The Morgan fingerprint density at radius 3 is 2.59 bits per heavy atom. The zero-order valence-corrected chi connectivity index (χ0v) is 14.4. The van der Waals surface area contributed by atoms with Gasteiger partial charge in [0.25, 0.3) is 0 Å². The summed E-state index contributed by atoms with van der Waals surface area (Å²) in [6.07, 6.45) is 0. The van der Waals surface area contributed by atoms with E-state index in [2.05, 4.69) is 5.32 Å². The third-order valence-electron chi connectivity index (χ3n) is 3.43. The summed E-state index contributed by atoms with van der Waals surface area (Å²) in [5.74, 6) is -0.231. The van der Waals surface area contributed by atoms with Crippen LogP contribution in [0.2, 0.25) is 10.0 Å². The quantitative estimate of drug-likeness (QED) is 0.865. The first-order chi connectivity index (χ1) is 10.3. The number of halogens is 2. The summed E-state index contributed by atoms with van der Waals surface area (Å²) < 4.78 is 26.0. The maximum Gasteiger partial charge on any atom is 0.244 e. The summed E-state index contributed by atoms with van der Waals surface area (Å²) in [5, 5.41) is 3.26. The predicted molar refractivity (Wildman–Crippen MR) is 85.7 cm³/mol. The molecule has 6 nitrogen and oxygen atoms in total. The van der Waals surface area contributed by atoms with Gasteiger partial charge in [-0.25, -0.2) is 8.42 Å². The number of nitrogens with one attached hydrogen (secondary N) is 1. The molecule has 0 atom stereocenters. The summed E-state index contributed by atoms with van der Waals surface area (Å²) in [5.41, 5.74) is 0. The van der Waals surface area contributed by atoms with Gasteiger partial charge in [0.2, 0.25) is 15.9 Å². The average Bonchev–Trinajstić information content (AvgIpc) is 2.50. The average molecular weight is 366 g/mol. The second-order valence-corrected chi connectivity index (χ2v) is 7.74. The van der Waals surface area contributed by atoms with Gasteiger partial charge in [-0.05, 0) is 12.1 Å². The van der Waals surface area contributed by atoms with E-state index in [1.165, 1.54) is 25.2 Å². The highest BCUT2D eigenvalue weighted by atomic mass is 35.5. The Balaban J connectivity index is 2.15. The smallest absolute Gasteiger partial charge is 0.244 e. The molecular weight excluding hydrogens is 349 g/mol. The van der Waals surface area contributed by atoms with Gasteiger partial charge < -0.3 is 10.2 Å². The van der Waals surface area contributed by atoms with Crippen molar-refractivity contribution in [3.63, 3.8) is 0 Å². The molecule has 0 aromatic heterocycles. The van der Waals surface area contributed by atoms with E-state index < -0.39 is 10.0 Å². The summed E-state index contributed by atoms with van der Waals surface area (Å²) in [6, 6.07) is 4.39. The third kappa shape index (κ3) is 3.72. The van der Waals surface area contributed by atoms with Crippen LogP contribution >= 0.6 is 23.2 Å². The van der Waals surface area contributed by atoms with E-state index in [0.717, 1.165) is 4.31 Å². The van der Waals surface area contributed by atoms with Crippen LogP contribution in [0.15, 0.2) is 23.1 Å². The van der Waals surface area contributed by atoms with Gasteiger partial charge in [-0.2, -0.15) is 4.31 Å². The Bertz CT molecular complexity index is 660. The van der Waals surface area contributed by atoms with Crippen LogP contribution in [-0.4, -0.2) is 63.3 Å². The third-order valence-corrected chi connectivity index (χ3v) is 6.21. The number of likely N-dealkylation sites (N-methyl/N-ethyl adjacent to an activating group) is 1. The molecule has 2 rings (SSSR count). The van der Waals surface area contributed by atoms with Gasteiger partial charge in [-0.1, -0.05) is 29.3 Å². The van der Waals surface area contributed by atoms with Crippen LogP contribution in [-0.2, 0) is 14.8 Å². The monoisotopic (exact) mass is 365 g/mol. The highest BCUT2D eigenvalue weighted by molar-refractivity contribution is 7.89. The Hall–Kier alpha value is -0.860. The van der Waals surface area contributed by atoms with Crippen molar-refractivity contribution in [1.82, 2.24) is 14.5 Å². The molecule has 0 aliphatic carbocycles. The summed E-state index contributed by atoms with van der Waals surface area (Å²) in [6.45, 7) is 2.34. The fourth-order valence-corrected chi connectivity index (χ4v) is 3.99. The fraction of sp³-hybridized carbons (Fsp3) is 0.462. The Labute approximate surface area is 140 Å². The number of piperazine rings is 1. The normalized spacial score (nSPS) is 16.1. The van der Waals surface area contributed by atoms with Crippen molar-refractivity contribution in [2.75, 3.05) is 39.8 Å². The number of carbonyl (C=O) groups excluding carboxylic acids is 1. The Morgan fingerprint density at radius 1 is 1.32 bits per heavy atom. The molecule has 0 unspecified atom stereocenters. The van der Waals surface area contributed by atoms with Gasteiger partial charge in [0.05, 0.1) is 16.6 Å². The summed E-state index contributed by atoms with van der Waals surface area (Å²) in [7, 11) is -2.52. The van der Waals surface area contributed by atoms with Gasteiger partial charge in [0, 0.05) is 33.2 Å². The topological polar surface area (TPSA) is 69.7 Å². The first kappa shape index (κ1) is 17.5. The molecule has 1 saturated heterocycles. The lowest BCUT2D eigenvalue weighted by Gasteiger charge is -2.29. The maximum atomic E-state index is 12.5. The molecule has 122 valence electrons. The minimum absolute atomic E-state index is 0.0364. The molecule has 22 heavy (non-hydrogen) atoms. The fourth-order valence-electron chi connectivity index (χ4n) is 2.14. The first-order valence-corrected chi connectivity index (χ1v) is 8.92. The maximum absolute atomic E-state index is 12.5. The van der Waals surface area contributed by atoms with Crippen molar-refractivity contribution in [1.29, 1.82) is 0 Å². The Morgan fingerprint density at radius 2 is 1.95 bits per heavy atom. The molecule has 1 aromatic rings. The van der Waals surface area contributed by atoms with E-state index in [1.807, 2.05) is 0 Å². The number of benzene rings is 1. The van der Waals surface area contributed by atoms with E-state index in [9.17, 15) is 13.2 Å². The van der Waals surface area contributed by atoms with Gasteiger partial charge in [-0.15, -0.1) is 0 Å². The van der Waals surface area contributed by atoms with E-state index in [1.54, 1.807) is 4.90 Å². The number of amides is 1. The summed E-state index contributed by atoms with van der Waals surface area (Å²) >= 11 is 11.8. The van der Waals surface area contributed by atoms with Gasteiger partial charge in [0.15, 0.2) is 0 Å².